The monoisotopic (exact) mass is 351 g/mol. The lowest BCUT2D eigenvalue weighted by Gasteiger charge is -2.42. The van der Waals surface area contributed by atoms with E-state index in [1.807, 2.05) is 5.32 Å². The van der Waals surface area contributed by atoms with Crippen LogP contribution < -0.4 is 38.4 Å². The summed E-state index contributed by atoms with van der Waals surface area (Å²) in [6.07, 6.45) is 1.34. The number of hydrogen-bond donors (Lipinski definition) is 5. The summed E-state index contributed by atoms with van der Waals surface area (Å²) in [6.45, 7) is 1.71. The van der Waals surface area contributed by atoms with Crippen molar-refractivity contribution in [3.8, 4) is 0 Å². The van der Waals surface area contributed by atoms with Crippen LogP contribution in [0.5, 0.6) is 0 Å². The third-order valence-electron chi connectivity index (χ3n) is 1.80. The zero-order valence-electron chi connectivity index (χ0n) is 12.1. The van der Waals surface area contributed by atoms with E-state index in [2.05, 4.69) is 4.98 Å². The smallest absolute Gasteiger partial charge is 0.159 e. The standard InChI is InChI=1S/C7H12N2O6P2.3H3N.H2O/c1-5-2-3-6(8-4-5)9-7(16(10,11)12)17(13,14)15;;;;/h2-4,7H,1H3,(H,8,9)(H2,10,11,12)(H2,13,14,15);3*1H3;1H2. The maximum atomic E-state index is 10.8. The minimum absolute atomic E-state index is 0. The van der Waals surface area contributed by atoms with E-state index in [0.29, 0.717) is 0 Å². The normalized spacial score (nSPS) is 14.0. The maximum absolute atomic E-state index is 10.8. The van der Waals surface area contributed by atoms with Gasteiger partial charge in [-0.1, -0.05) is 6.07 Å². The van der Waals surface area contributed by atoms with E-state index in [0.717, 1.165) is 5.56 Å². The van der Waals surface area contributed by atoms with Gasteiger partial charge in [0.1, 0.15) is 11.3 Å². The second-order valence-electron chi connectivity index (χ2n) is 3.34. The minimum atomic E-state index is -5.55. The van der Waals surface area contributed by atoms with Crippen molar-refractivity contribution in [3.05, 3.63) is 23.9 Å². The second kappa shape index (κ2) is 9.92. The molecule has 1 rings (SSSR count). The first-order valence-corrected chi connectivity index (χ1v) is 7.61. The Bertz CT molecular complexity index is 465. The molecular weight excluding hydrogens is 328 g/mol. The van der Waals surface area contributed by atoms with Crippen molar-refractivity contribution in [3.63, 3.8) is 0 Å². The topological polar surface area (TPSA) is 289 Å². The number of nitrogens with zero attached hydrogens (tertiary/aromatic N) is 1. The van der Waals surface area contributed by atoms with Crippen molar-refractivity contribution in [1.29, 1.82) is 0 Å². The number of aryl methyl sites for hydroxylation is 1. The molecule has 12 nitrogen and oxygen atoms in total. The molecule has 2 atom stereocenters. The molecule has 1 aromatic heterocycles. The Kier molecular flexibility index (Phi) is 13.4. The van der Waals surface area contributed by atoms with E-state index in [4.69, 9.17) is 4.89 Å². The van der Waals surface area contributed by atoms with Crippen LogP contribution in [0.2, 0.25) is 0 Å². The molecule has 0 amide bonds. The van der Waals surface area contributed by atoms with Gasteiger partial charge in [0.25, 0.3) is 0 Å². The Morgan fingerprint density at radius 2 is 1.67 bits per heavy atom. The Morgan fingerprint density at radius 3 is 1.95 bits per heavy atom. The number of hydrogen-bond acceptors (Lipinski definition) is 7. The van der Waals surface area contributed by atoms with Crippen LogP contribution in [0.1, 0.15) is 5.56 Å². The molecule has 0 aromatic carbocycles. The van der Waals surface area contributed by atoms with Crippen molar-refractivity contribution in [2.75, 3.05) is 5.32 Å². The van der Waals surface area contributed by atoms with Gasteiger partial charge in [-0.25, -0.2) is 4.98 Å². The van der Waals surface area contributed by atoms with Gasteiger partial charge in [-0.2, -0.15) is 0 Å². The van der Waals surface area contributed by atoms with Crippen LogP contribution in [0.25, 0.3) is 0 Å². The van der Waals surface area contributed by atoms with E-state index in [1.54, 1.807) is 6.92 Å². The van der Waals surface area contributed by atoms with Crippen molar-refractivity contribution >= 4 is 21.0 Å². The average molecular weight is 351 g/mol. The molecule has 0 aliphatic heterocycles. The van der Waals surface area contributed by atoms with E-state index in [9.17, 15) is 23.8 Å². The van der Waals surface area contributed by atoms with Crippen molar-refractivity contribution in [1.82, 2.24) is 23.4 Å². The molecule has 21 heavy (non-hydrogen) atoms. The summed E-state index contributed by atoms with van der Waals surface area (Å²) >= 11 is 0. The average Bonchev–Trinajstić information content (AvgIpc) is 2.13. The highest BCUT2D eigenvalue weighted by molar-refractivity contribution is 7.69. The highest BCUT2D eigenvalue weighted by atomic mass is 31.2. The van der Waals surface area contributed by atoms with E-state index in [1.165, 1.54) is 18.3 Å². The Balaban J connectivity index is -0.000000361. The largest absolute Gasteiger partial charge is 0.809 e. The Labute approximate surface area is 121 Å². The zero-order valence-corrected chi connectivity index (χ0v) is 13.9. The Hall–Kier alpha value is -0.910. The summed E-state index contributed by atoms with van der Waals surface area (Å²) in [5, 5.41) is 1.86. The molecule has 0 aliphatic carbocycles. The first kappa shape index (κ1) is 28.3. The van der Waals surface area contributed by atoms with Crippen LogP contribution in [0.3, 0.4) is 0 Å². The molecule has 16 N–H and O–H groups in total. The molecule has 0 radical (unpaired) electrons. The van der Waals surface area contributed by atoms with Gasteiger partial charge in [0, 0.05) is 6.20 Å². The third-order valence-corrected chi connectivity index (χ3v) is 5.00. The lowest BCUT2D eigenvalue weighted by atomic mass is 10.3. The highest BCUT2D eigenvalue weighted by Crippen LogP contribution is 2.52. The molecule has 0 fully saturated rings. The zero-order chi connectivity index (χ0) is 13.3. The van der Waals surface area contributed by atoms with E-state index < -0.39 is 20.7 Å². The molecule has 0 bridgehead atoms. The number of anilines is 1. The van der Waals surface area contributed by atoms with Crippen LogP contribution >= 0.6 is 15.2 Å². The number of quaternary nitrogens is 3. The molecule has 1 aromatic rings. The summed E-state index contributed by atoms with van der Waals surface area (Å²) in [4.78, 5) is 44.5. The molecule has 1 heterocycles. The van der Waals surface area contributed by atoms with Gasteiger partial charge >= 0.3 is 0 Å². The van der Waals surface area contributed by atoms with Crippen LogP contribution in [0.4, 0.5) is 5.82 Å². The fourth-order valence-electron chi connectivity index (χ4n) is 1.02. The maximum Gasteiger partial charge on any atom is 0.159 e. The number of aromatic nitrogens is 1. The van der Waals surface area contributed by atoms with Crippen molar-refractivity contribution in [2.24, 2.45) is 0 Å². The van der Waals surface area contributed by atoms with Crippen LogP contribution in [-0.4, -0.2) is 20.9 Å². The molecule has 1 unspecified atom stereocenters. The first-order chi connectivity index (χ1) is 7.60. The van der Waals surface area contributed by atoms with Gasteiger partial charge in [0.15, 0.2) is 7.60 Å². The number of nitrogens with one attached hydrogen (secondary N) is 1. The number of rotatable bonds is 4. The van der Waals surface area contributed by atoms with Crippen molar-refractivity contribution < 1.29 is 34.2 Å². The molecule has 128 valence electrons. The molecular formula is C7H23N5O7P2. The lowest BCUT2D eigenvalue weighted by Crippen LogP contribution is -2.35. The summed E-state index contributed by atoms with van der Waals surface area (Å²) in [7, 11) is -10.9. The van der Waals surface area contributed by atoms with Crippen LogP contribution in [0.15, 0.2) is 18.3 Å². The fraction of sp³-hybridized carbons (Fsp3) is 0.286. The summed E-state index contributed by atoms with van der Waals surface area (Å²) in [6, 6.07) is 2.81. The summed E-state index contributed by atoms with van der Waals surface area (Å²) in [5.41, 5.74) is -1.86. The fourth-order valence-corrected chi connectivity index (χ4v) is 3.04. The lowest BCUT2D eigenvalue weighted by molar-refractivity contribution is -0.315. The second-order valence-corrected chi connectivity index (χ2v) is 6.99. The number of pyridine rings is 1. The van der Waals surface area contributed by atoms with Crippen LogP contribution in [0, 0.1) is 6.92 Å². The minimum Gasteiger partial charge on any atom is -0.809 e. The summed E-state index contributed by atoms with van der Waals surface area (Å²) in [5.74, 6) is -0.141. The van der Waals surface area contributed by atoms with Gasteiger partial charge in [0.2, 0.25) is 0 Å². The summed E-state index contributed by atoms with van der Waals surface area (Å²) < 4.78 is 21.5. The van der Waals surface area contributed by atoms with Gasteiger partial charge in [0.05, 0.1) is 0 Å². The van der Waals surface area contributed by atoms with Gasteiger partial charge < -0.3 is 57.9 Å². The SMILES string of the molecule is Cc1ccc(N[C@H](P(=O)([O-])[O-])P(=O)([O-])O)nc1.O.[NH4+].[NH4+].[NH4+]. The molecule has 14 heteroatoms. The van der Waals surface area contributed by atoms with Crippen LogP contribution in [-0.2, 0) is 9.13 Å². The Morgan fingerprint density at radius 1 is 1.19 bits per heavy atom. The highest BCUT2D eigenvalue weighted by Gasteiger charge is 2.24. The molecule has 0 spiro atoms. The molecule has 0 saturated heterocycles. The van der Waals surface area contributed by atoms with Crippen molar-refractivity contribution in [2.45, 2.75) is 12.4 Å². The third kappa shape index (κ3) is 8.86. The predicted octanol–water partition coefficient (Wildman–Crippen LogP) is -1.15. The van der Waals surface area contributed by atoms with Gasteiger partial charge in [-0.15, -0.1) is 0 Å². The first-order valence-electron chi connectivity index (χ1n) is 4.35. The van der Waals surface area contributed by atoms with E-state index >= 15 is 0 Å². The van der Waals surface area contributed by atoms with Gasteiger partial charge in [-0.3, -0.25) is 0 Å². The molecule has 0 saturated carbocycles. The van der Waals surface area contributed by atoms with Gasteiger partial charge in [-0.05, 0) is 26.1 Å². The quantitative estimate of drug-likeness (QED) is 0.411. The molecule has 0 aliphatic rings. The predicted molar refractivity (Wildman–Crippen MR) is 75.4 cm³/mol. The van der Waals surface area contributed by atoms with E-state index in [-0.39, 0.29) is 29.7 Å².